The molecule has 1 amide bonds. The summed E-state index contributed by atoms with van der Waals surface area (Å²) in [5.74, 6) is -0.171. The molecule has 0 aromatic heterocycles. The van der Waals surface area contributed by atoms with Crippen molar-refractivity contribution in [3.8, 4) is 5.75 Å². The number of amides is 1. The summed E-state index contributed by atoms with van der Waals surface area (Å²) in [6.45, 7) is 0. The Kier molecular flexibility index (Phi) is 6.06. The van der Waals surface area contributed by atoms with Gasteiger partial charge in [0.25, 0.3) is 5.91 Å². The first-order chi connectivity index (χ1) is 15.0. The summed E-state index contributed by atoms with van der Waals surface area (Å²) < 4.78 is 33.4. The van der Waals surface area contributed by atoms with Gasteiger partial charge < -0.3 is 10.1 Å². The lowest BCUT2D eigenvalue weighted by molar-refractivity contribution is 0.0942. The van der Waals surface area contributed by atoms with Crippen molar-refractivity contribution in [1.82, 2.24) is 10.0 Å². The van der Waals surface area contributed by atoms with E-state index in [4.69, 9.17) is 4.74 Å². The van der Waals surface area contributed by atoms with Crippen molar-refractivity contribution < 1.29 is 17.9 Å². The lowest BCUT2D eigenvalue weighted by Crippen LogP contribution is -2.30. The lowest BCUT2D eigenvalue weighted by atomic mass is 9.98. The van der Waals surface area contributed by atoms with Crippen LogP contribution in [-0.4, -0.2) is 27.5 Å². The number of carbonyl (C=O) groups excluding carboxylic acids is 1. The molecular weight excluding hydrogens is 412 g/mol. The Morgan fingerprint density at radius 3 is 2.03 bits per heavy atom. The SMILES string of the molecule is COc1ccc(C(=O)NC(c2ccccc2)c2ccccc2)cc1S(=O)(=O)NC1CC1. The van der Waals surface area contributed by atoms with Gasteiger partial charge in [-0.25, -0.2) is 13.1 Å². The first kappa shape index (κ1) is 21.1. The second kappa shape index (κ2) is 8.91. The second-order valence-electron chi connectivity index (χ2n) is 7.49. The van der Waals surface area contributed by atoms with E-state index in [2.05, 4.69) is 10.0 Å². The molecule has 0 atom stereocenters. The van der Waals surface area contributed by atoms with Gasteiger partial charge in [-0.2, -0.15) is 0 Å². The fourth-order valence-electron chi connectivity index (χ4n) is 3.38. The van der Waals surface area contributed by atoms with Crippen molar-refractivity contribution in [2.45, 2.75) is 29.8 Å². The molecule has 0 bridgehead atoms. The Bertz CT molecular complexity index is 1120. The summed E-state index contributed by atoms with van der Waals surface area (Å²) in [7, 11) is -2.37. The van der Waals surface area contributed by atoms with E-state index in [1.807, 2.05) is 60.7 Å². The smallest absolute Gasteiger partial charge is 0.252 e. The van der Waals surface area contributed by atoms with Crippen LogP contribution >= 0.6 is 0 Å². The van der Waals surface area contributed by atoms with E-state index in [-0.39, 0.29) is 34.2 Å². The van der Waals surface area contributed by atoms with Crippen LogP contribution in [0.3, 0.4) is 0 Å². The summed E-state index contributed by atoms with van der Waals surface area (Å²) in [5, 5.41) is 3.04. The van der Waals surface area contributed by atoms with Gasteiger partial charge in [-0.1, -0.05) is 60.7 Å². The first-order valence-corrected chi connectivity index (χ1v) is 11.6. The van der Waals surface area contributed by atoms with Crippen LogP contribution in [0.2, 0.25) is 0 Å². The third-order valence-electron chi connectivity index (χ3n) is 5.16. The van der Waals surface area contributed by atoms with E-state index in [1.165, 1.54) is 19.2 Å². The Labute approximate surface area is 182 Å². The molecule has 1 aliphatic carbocycles. The molecule has 3 aromatic carbocycles. The average molecular weight is 437 g/mol. The minimum absolute atomic E-state index is 0.0366. The predicted molar refractivity (Wildman–Crippen MR) is 119 cm³/mol. The van der Waals surface area contributed by atoms with Gasteiger partial charge in [-0.05, 0) is 42.2 Å². The molecular formula is C24H24N2O4S. The molecule has 7 heteroatoms. The molecule has 3 aromatic rings. The fraction of sp³-hybridized carbons (Fsp3) is 0.208. The minimum atomic E-state index is -3.78. The average Bonchev–Trinajstić information content (AvgIpc) is 3.61. The first-order valence-electron chi connectivity index (χ1n) is 10.1. The number of sulfonamides is 1. The van der Waals surface area contributed by atoms with Gasteiger partial charge >= 0.3 is 0 Å². The standard InChI is InChI=1S/C24H24N2O4S/c1-30-21-15-12-19(16-22(21)31(28,29)26-20-13-14-20)24(27)25-23(17-8-4-2-5-9-17)18-10-6-3-7-11-18/h2-12,15-16,20,23,26H,13-14H2,1H3,(H,25,27). The molecule has 6 nitrogen and oxygen atoms in total. The van der Waals surface area contributed by atoms with Crippen molar-refractivity contribution in [2.75, 3.05) is 7.11 Å². The van der Waals surface area contributed by atoms with E-state index in [0.29, 0.717) is 0 Å². The lowest BCUT2D eigenvalue weighted by Gasteiger charge is -2.20. The fourth-order valence-corrected chi connectivity index (χ4v) is 4.88. The number of carbonyl (C=O) groups is 1. The van der Waals surface area contributed by atoms with Crippen LogP contribution in [0.4, 0.5) is 0 Å². The topological polar surface area (TPSA) is 84.5 Å². The van der Waals surface area contributed by atoms with Crippen LogP contribution in [0.1, 0.15) is 40.4 Å². The molecule has 0 heterocycles. The van der Waals surface area contributed by atoms with Gasteiger partial charge in [0.2, 0.25) is 10.0 Å². The Hall–Kier alpha value is -3.16. The van der Waals surface area contributed by atoms with E-state index in [0.717, 1.165) is 24.0 Å². The maximum absolute atomic E-state index is 13.1. The highest BCUT2D eigenvalue weighted by atomic mass is 32.2. The monoisotopic (exact) mass is 436 g/mol. The number of rotatable bonds is 8. The molecule has 1 aliphatic rings. The quantitative estimate of drug-likeness (QED) is 0.565. The molecule has 0 aliphatic heterocycles. The van der Waals surface area contributed by atoms with Crippen LogP contribution in [0.25, 0.3) is 0 Å². The van der Waals surface area contributed by atoms with Gasteiger partial charge in [-0.15, -0.1) is 0 Å². The van der Waals surface area contributed by atoms with Crippen LogP contribution in [0, 0.1) is 0 Å². The van der Waals surface area contributed by atoms with E-state index < -0.39 is 10.0 Å². The third kappa shape index (κ3) is 4.95. The molecule has 0 spiro atoms. The largest absolute Gasteiger partial charge is 0.495 e. The second-order valence-corrected chi connectivity index (χ2v) is 9.17. The number of hydrogen-bond acceptors (Lipinski definition) is 4. The molecule has 0 radical (unpaired) electrons. The maximum Gasteiger partial charge on any atom is 0.252 e. The van der Waals surface area contributed by atoms with Crippen LogP contribution in [-0.2, 0) is 10.0 Å². The molecule has 31 heavy (non-hydrogen) atoms. The molecule has 2 N–H and O–H groups in total. The number of ether oxygens (including phenoxy) is 1. The van der Waals surface area contributed by atoms with Gasteiger partial charge in [-0.3, -0.25) is 4.79 Å². The number of methoxy groups -OCH3 is 1. The molecule has 1 saturated carbocycles. The Morgan fingerprint density at radius 2 is 1.52 bits per heavy atom. The zero-order chi connectivity index (χ0) is 21.8. The van der Waals surface area contributed by atoms with Gasteiger partial charge in [0, 0.05) is 11.6 Å². The third-order valence-corrected chi connectivity index (χ3v) is 6.70. The summed E-state index contributed by atoms with van der Waals surface area (Å²) in [6, 6.07) is 23.3. The highest BCUT2D eigenvalue weighted by Gasteiger charge is 2.30. The highest BCUT2D eigenvalue weighted by molar-refractivity contribution is 7.89. The number of benzene rings is 3. The van der Waals surface area contributed by atoms with Gasteiger partial charge in [0.15, 0.2) is 0 Å². The highest BCUT2D eigenvalue weighted by Crippen LogP contribution is 2.29. The molecule has 4 rings (SSSR count). The van der Waals surface area contributed by atoms with Gasteiger partial charge in [0.05, 0.1) is 13.2 Å². The van der Waals surface area contributed by atoms with Crippen molar-refractivity contribution >= 4 is 15.9 Å². The van der Waals surface area contributed by atoms with Crippen LogP contribution in [0.15, 0.2) is 83.8 Å². The Morgan fingerprint density at radius 1 is 0.935 bits per heavy atom. The van der Waals surface area contributed by atoms with E-state index >= 15 is 0 Å². The van der Waals surface area contributed by atoms with Crippen molar-refractivity contribution in [1.29, 1.82) is 0 Å². The molecule has 0 saturated heterocycles. The minimum Gasteiger partial charge on any atom is -0.495 e. The summed E-state index contributed by atoms with van der Waals surface area (Å²) in [6.07, 6.45) is 1.63. The van der Waals surface area contributed by atoms with Crippen LogP contribution in [0.5, 0.6) is 5.75 Å². The molecule has 160 valence electrons. The molecule has 1 fully saturated rings. The Balaban J connectivity index is 1.66. The van der Waals surface area contributed by atoms with Crippen molar-refractivity contribution in [3.05, 3.63) is 95.6 Å². The summed E-state index contributed by atoms with van der Waals surface area (Å²) in [5.41, 5.74) is 2.10. The maximum atomic E-state index is 13.1. The summed E-state index contributed by atoms with van der Waals surface area (Å²) >= 11 is 0. The van der Waals surface area contributed by atoms with Gasteiger partial charge in [0.1, 0.15) is 10.6 Å². The van der Waals surface area contributed by atoms with Crippen LogP contribution < -0.4 is 14.8 Å². The number of hydrogen-bond donors (Lipinski definition) is 2. The molecule has 0 unspecified atom stereocenters. The zero-order valence-electron chi connectivity index (χ0n) is 17.1. The van der Waals surface area contributed by atoms with Crippen molar-refractivity contribution in [3.63, 3.8) is 0 Å². The normalized spacial score (nSPS) is 13.7. The predicted octanol–water partition coefficient (Wildman–Crippen LogP) is 3.66. The summed E-state index contributed by atoms with van der Waals surface area (Å²) in [4.78, 5) is 13.1. The number of nitrogens with one attached hydrogen (secondary N) is 2. The zero-order valence-corrected chi connectivity index (χ0v) is 17.9. The van der Waals surface area contributed by atoms with E-state index in [1.54, 1.807) is 6.07 Å². The van der Waals surface area contributed by atoms with E-state index in [9.17, 15) is 13.2 Å². The van der Waals surface area contributed by atoms with Crippen molar-refractivity contribution in [2.24, 2.45) is 0 Å².